The fraction of sp³-hybridized carbons (Fsp3) is 0.132. The summed E-state index contributed by atoms with van der Waals surface area (Å²) in [6.45, 7) is 2.27. The Morgan fingerprint density at radius 1 is 0.667 bits per heavy atom. The van der Waals surface area contributed by atoms with Crippen molar-refractivity contribution in [3.63, 3.8) is 0 Å². The van der Waals surface area contributed by atoms with Crippen molar-refractivity contribution in [2.24, 2.45) is 9.98 Å². The van der Waals surface area contributed by atoms with Gasteiger partial charge in [0.25, 0.3) is 0 Å². The van der Waals surface area contributed by atoms with E-state index in [0.29, 0.717) is 11.2 Å². The molecule has 2 aliphatic heterocycles. The highest BCUT2D eigenvalue weighted by Crippen LogP contribution is 2.50. The summed E-state index contributed by atoms with van der Waals surface area (Å²) in [7, 11) is 0. The number of amidine groups is 1. The maximum absolute atomic E-state index is 5.61. The van der Waals surface area contributed by atoms with Crippen LogP contribution in [0.4, 0.5) is 0 Å². The van der Waals surface area contributed by atoms with Gasteiger partial charge in [-0.25, -0.2) is 9.98 Å². The topological polar surface area (TPSA) is 24.7 Å². The molecule has 11 rings (SSSR count). The van der Waals surface area contributed by atoms with Crippen LogP contribution in [0.2, 0.25) is 0 Å². The van der Waals surface area contributed by atoms with Crippen LogP contribution in [-0.2, 0) is 6.42 Å². The molecule has 57 heavy (non-hydrogen) atoms. The predicted octanol–water partition coefficient (Wildman–Crippen LogP) is 14.4. The molecular weight excluding hydrogens is 729 g/mol. The number of rotatable bonds is 6. The summed E-state index contributed by atoms with van der Waals surface area (Å²) in [6, 6.07) is 49.0. The van der Waals surface area contributed by atoms with Crippen molar-refractivity contribution in [3.05, 3.63) is 202 Å². The molecule has 1 aromatic heterocycles. The van der Waals surface area contributed by atoms with E-state index in [1.165, 1.54) is 69.6 Å². The summed E-state index contributed by atoms with van der Waals surface area (Å²) in [5.74, 6) is 1.10. The van der Waals surface area contributed by atoms with Gasteiger partial charge in [-0.1, -0.05) is 128 Å². The van der Waals surface area contributed by atoms with E-state index in [1.54, 1.807) is 0 Å². The van der Waals surface area contributed by atoms with Crippen molar-refractivity contribution in [1.29, 1.82) is 0 Å². The molecular formula is C53H40N2S2. The van der Waals surface area contributed by atoms with Crippen LogP contribution in [0.1, 0.15) is 70.4 Å². The molecule has 4 aliphatic rings. The molecule has 0 bridgehead atoms. The number of benzene rings is 6. The number of hydrogen-bond donors (Lipinski definition) is 0. The van der Waals surface area contributed by atoms with E-state index in [-0.39, 0.29) is 0 Å². The van der Waals surface area contributed by atoms with Gasteiger partial charge in [-0.3, -0.25) is 0 Å². The molecule has 6 aromatic carbocycles. The van der Waals surface area contributed by atoms with Crippen LogP contribution >= 0.6 is 23.1 Å². The Bertz CT molecular complexity index is 2950. The fourth-order valence-electron chi connectivity index (χ4n) is 8.95. The molecule has 2 atom stereocenters. The van der Waals surface area contributed by atoms with Crippen molar-refractivity contribution in [1.82, 2.24) is 0 Å². The lowest BCUT2D eigenvalue weighted by Crippen LogP contribution is -2.09. The first-order valence-corrected chi connectivity index (χ1v) is 21.8. The number of fused-ring (bicyclic) bond motifs is 7. The van der Waals surface area contributed by atoms with Crippen LogP contribution in [0.25, 0.3) is 49.3 Å². The minimum Gasteiger partial charge on any atom is -0.232 e. The van der Waals surface area contributed by atoms with Crippen LogP contribution in [0, 0.1) is 0 Å². The first-order valence-electron chi connectivity index (χ1n) is 20.1. The SMILES string of the molecule is CCC1=C(c2cc(C3=CC4c5ccccc5SC4C=C3)cc(-c3ccc4sc5c(c4c3)C=CCC5)c2)N=C(c2ccc3ccccc3c2)N=C(c2ccccc2)C1. The summed E-state index contributed by atoms with van der Waals surface area (Å²) in [4.78, 5) is 13.9. The average molecular weight is 769 g/mol. The molecule has 0 saturated heterocycles. The monoisotopic (exact) mass is 768 g/mol. The second-order valence-corrected chi connectivity index (χ2v) is 17.8. The van der Waals surface area contributed by atoms with Crippen LogP contribution in [-0.4, -0.2) is 16.8 Å². The van der Waals surface area contributed by atoms with E-state index >= 15 is 0 Å². The summed E-state index contributed by atoms with van der Waals surface area (Å²) in [6.07, 6.45) is 15.8. The van der Waals surface area contributed by atoms with Gasteiger partial charge in [0.15, 0.2) is 5.84 Å². The zero-order chi connectivity index (χ0) is 37.9. The van der Waals surface area contributed by atoms with E-state index in [4.69, 9.17) is 9.98 Å². The molecule has 2 aliphatic carbocycles. The molecule has 2 nitrogen and oxygen atoms in total. The Kier molecular flexibility index (Phi) is 8.63. The Morgan fingerprint density at radius 2 is 1.47 bits per heavy atom. The zero-order valence-corrected chi connectivity index (χ0v) is 33.4. The highest BCUT2D eigenvalue weighted by atomic mass is 32.2. The number of thioether (sulfide) groups is 1. The minimum atomic E-state index is 0.349. The molecule has 0 N–H and O–H groups in total. The molecule has 0 amide bonds. The normalized spacial score (nSPS) is 18.5. The molecule has 3 heterocycles. The quantitative estimate of drug-likeness (QED) is 0.165. The van der Waals surface area contributed by atoms with Gasteiger partial charge in [0.05, 0.1) is 11.4 Å². The van der Waals surface area contributed by atoms with Gasteiger partial charge in [-0.15, -0.1) is 23.1 Å². The number of nitrogens with zero attached hydrogens (tertiary/aromatic N) is 2. The second kappa shape index (κ2) is 14.3. The highest BCUT2D eigenvalue weighted by Gasteiger charge is 2.32. The Balaban J connectivity index is 1.12. The van der Waals surface area contributed by atoms with Crippen LogP contribution in [0.15, 0.2) is 178 Å². The highest BCUT2D eigenvalue weighted by molar-refractivity contribution is 8.00. The molecule has 0 spiro atoms. The van der Waals surface area contributed by atoms with Gasteiger partial charge in [-0.05, 0) is 117 Å². The maximum atomic E-state index is 5.61. The lowest BCUT2D eigenvalue weighted by atomic mass is 9.85. The van der Waals surface area contributed by atoms with Gasteiger partial charge in [0, 0.05) is 48.6 Å². The second-order valence-electron chi connectivity index (χ2n) is 15.4. The van der Waals surface area contributed by atoms with E-state index < -0.39 is 0 Å². The molecule has 2 unspecified atom stereocenters. The molecule has 0 fully saturated rings. The van der Waals surface area contributed by atoms with Gasteiger partial charge < -0.3 is 0 Å². The van der Waals surface area contributed by atoms with Gasteiger partial charge >= 0.3 is 0 Å². The molecule has 274 valence electrons. The van der Waals surface area contributed by atoms with Gasteiger partial charge in [0.2, 0.25) is 0 Å². The van der Waals surface area contributed by atoms with Crippen molar-refractivity contribution in [2.75, 3.05) is 0 Å². The lowest BCUT2D eigenvalue weighted by Gasteiger charge is -2.21. The number of thiophene rings is 1. The summed E-state index contributed by atoms with van der Waals surface area (Å²) < 4.78 is 1.36. The van der Waals surface area contributed by atoms with Crippen molar-refractivity contribution in [3.8, 4) is 11.1 Å². The van der Waals surface area contributed by atoms with Crippen LogP contribution in [0.3, 0.4) is 0 Å². The minimum absolute atomic E-state index is 0.349. The zero-order valence-electron chi connectivity index (χ0n) is 31.8. The van der Waals surface area contributed by atoms with Gasteiger partial charge in [-0.2, -0.15) is 0 Å². The fourth-order valence-corrected chi connectivity index (χ4v) is 11.5. The van der Waals surface area contributed by atoms with Crippen molar-refractivity contribution in [2.45, 2.75) is 48.7 Å². The predicted molar refractivity (Wildman–Crippen MR) is 246 cm³/mol. The van der Waals surface area contributed by atoms with Crippen molar-refractivity contribution < 1.29 is 0 Å². The first kappa shape index (κ1) is 34.4. The number of hydrogen-bond acceptors (Lipinski definition) is 4. The third-order valence-electron chi connectivity index (χ3n) is 11.9. The van der Waals surface area contributed by atoms with Gasteiger partial charge in [0.1, 0.15) is 0 Å². The van der Waals surface area contributed by atoms with E-state index in [1.807, 2.05) is 23.1 Å². The summed E-state index contributed by atoms with van der Waals surface area (Å²) in [5, 5.41) is 4.18. The van der Waals surface area contributed by atoms with Crippen molar-refractivity contribution >= 4 is 72.9 Å². The maximum Gasteiger partial charge on any atom is 0.160 e. The smallest absolute Gasteiger partial charge is 0.160 e. The lowest BCUT2D eigenvalue weighted by molar-refractivity contribution is 0.884. The van der Waals surface area contributed by atoms with E-state index in [9.17, 15) is 0 Å². The largest absolute Gasteiger partial charge is 0.232 e. The Labute approximate surface area is 342 Å². The number of aliphatic imine (C=N–C) groups is 2. The Hall–Kier alpha value is -5.81. The first-order chi connectivity index (χ1) is 28.1. The third-order valence-corrected chi connectivity index (χ3v) is 14.5. The van der Waals surface area contributed by atoms with Crippen LogP contribution < -0.4 is 0 Å². The van der Waals surface area contributed by atoms with Crippen LogP contribution in [0.5, 0.6) is 0 Å². The molecule has 4 heteroatoms. The summed E-state index contributed by atoms with van der Waals surface area (Å²) >= 11 is 3.94. The molecule has 0 radical (unpaired) electrons. The number of allylic oxidation sites excluding steroid dienone is 5. The molecule has 0 saturated carbocycles. The average Bonchev–Trinajstić information content (AvgIpc) is 3.77. The number of aryl methyl sites for hydroxylation is 1. The third kappa shape index (κ3) is 6.28. The molecule has 7 aromatic rings. The standard InChI is InChI=1S/C53H40N2S2/c1-2-33-32-47(35-13-4-3-5-14-35)54-53(39-21-20-34-12-6-7-15-36(34)26-39)55-52(33)42-28-40(37-22-24-50-45(30-37)43-16-8-10-18-48(43)56-50)27-41(29-42)38-23-25-51-46(31-38)44-17-9-11-19-49(44)57-51/h3-10,12-18,20-31,45,50H,2,11,19,32H2,1H3. The van der Waals surface area contributed by atoms with E-state index in [0.717, 1.165) is 59.6 Å². The Morgan fingerprint density at radius 3 is 2.39 bits per heavy atom. The summed E-state index contributed by atoms with van der Waals surface area (Å²) in [5.41, 5.74) is 14.4. The van der Waals surface area contributed by atoms with E-state index in [2.05, 4.69) is 171 Å².